The number of aliphatic hydroxyl groups is 1. The summed E-state index contributed by atoms with van der Waals surface area (Å²) < 4.78 is 6.62. The van der Waals surface area contributed by atoms with Crippen molar-refractivity contribution in [1.29, 1.82) is 0 Å². The van der Waals surface area contributed by atoms with E-state index in [0.29, 0.717) is 0 Å². The molecule has 0 aliphatic carbocycles. The Balaban J connectivity index is 2.35. The van der Waals surface area contributed by atoms with Crippen molar-refractivity contribution in [1.82, 2.24) is 9.55 Å². The van der Waals surface area contributed by atoms with Gasteiger partial charge in [-0.25, -0.2) is 4.79 Å². The molecule has 0 aromatic carbocycles. The molecule has 1 aliphatic rings. The van der Waals surface area contributed by atoms with Crippen LogP contribution in [0.4, 0.5) is 0 Å². The normalized spacial score (nSPS) is 32.9. The molecule has 0 radical (unpaired) electrons. The molecule has 4 atom stereocenters. The monoisotopic (exact) mass is 259 g/mol. The van der Waals surface area contributed by atoms with Gasteiger partial charge in [0.1, 0.15) is 0 Å². The number of H-pyrrole nitrogens is 1. The van der Waals surface area contributed by atoms with Crippen LogP contribution in [0.25, 0.3) is 0 Å². The second-order valence-corrected chi connectivity index (χ2v) is 4.43. The van der Waals surface area contributed by atoms with Gasteiger partial charge in [-0.3, -0.25) is 14.3 Å². The molecule has 1 aromatic rings. The number of aromatic nitrogens is 2. The molecule has 0 bridgehead atoms. The number of nitrogens with zero attached hydrogens (tertiary/aromatic N) is 1. The van der Waals surface area contributed by atoms with Gasteiger partial charge >= 0.3 is 5.69 Å². The summed E-state index contributed by atoms with van der Waals surface area (Å²) >= 11 is 4.23. The number of hydrogen-bond donors (Lipinski definition) is 4. The average Bonchev–Trinajstić information content (AvgIpc) is 2.57. The number of aromatic amines is 1. The molecule has 1 aromatic heterocycles. The highest BCUT2D eigenvalue weighted by Crippen LogP contribution is 2.29. The Kier molecular flexibility index (Phi) is 3.38. The predicted octanol–water partition coefficient (Wildman–Crippen LogP) is -1.95. The number of aliphatic hydroxyl groups excluding tert-OH is 1. The molecule has 0 saturated carbocycles. The molecule has 1 saturated heterocycles. The molecule has 0 unspecified atom stereocenters. The first-order valence-electron chi connectivity index (χ1n) is 5.06. The molecule has 4 N–H and O–H groups in total. The van der Waals surface area contributed by atoms with E-state index in [9.17, 15) is 9.59 Å². The molecule has 94 valence electrons. The van der Waals surface area contributed by atoms with Crippen LogP contribution in [0.3, 0.4) is 0 Å². The molecule has 2 rings (SSSR count). The topological polar surface area (TPSA) is 110 Å². The van der Waals surface area contributed by atoms with Crippen LogP contribution in [-0.2, 0) is 4.74 Å². The summed E-state index contributed by atoms with van der Waals surface area (Å²) in [5.74, 6) is 0. The van der Waals surface area contributed by atoms with Gasteiger partial charge in [0.15, 0.2) is 6.23 Å². The Labute approximate surface area is 102 Å². The molecular formula is C9H13N3O4S. The lowest BCUT2D eigenvalue weighted by Gasteiger charge is -2.17. The zero-order valence-corrected chi connectivity index (χ0v) is 9.71. The lowest BCUT2D eigenvalue weighted by molar-refractivity contribution is -0.0272. The van der Waals surface area contributed by atoms with Gasteiger partial charge in [-0.2, -0.15) is 12.6 Å². The Hall–Kier alpha value is -1.09. The van der Waals surface area contributed by atoms with E-state index in [0.717, 1.165) is 0 Å². The van der Waals surface area contributed by atoms with Crippen molar-refractivity contribution in [2.45, 2.75) is 23.6 Å². The van der Waals surface area contributed by atoms with E-state index >= 15 is 0 Å². The standard InChI is InChI=1S/C9H13N3O4S/c10-6-7(17)4(3-13)16-8(6)12-2-1-5(14)11-9(12)15/h1-2,4,6-8,13,17H,3,10H2,(H,11,14,15)/t4-,6-,7-,8-/m1/s1. The second kappa shape index (κ2) is 4.65. The Morgan fingerprint density at radius 2 is 2.29 bits per heavy atom. The molecule has 1 aliphatic heterocycles. The van der Waals surface area contributed by atoms with E-state index in [-0.39, 0.29) is 11.9 Å². The maximum absolute atomic E-state index is 11.6. The van der Waals surface area contributed by atoms with Crippen LogP contribution in [-0.4, -0.2) is 38.7 Å². The highest BCUT2D eigenvalue weighted by molar-refractivity contribution is 7.81. The molecule has 0 amide bonds. The predicted molar refractivity (Wildman–Crippen MR) is 63.1 cm³/mol. The minimum atomic E-state index is -0.737. The van der Waals surface area contributed by atoms with E-state index in [4.69, 9.17) is 15.6 Å². The smallest absolute Gasteiger partial charge is 0.330 e. The minimum Gasteiger partial charge on any atom is -0.394 e. The quantitative estimate of drug-likeness (QED) is 0.461. The van der Waals surface area contributed by atoms with Crippen LogP contribution >= 0.6 is 12.6 Å². The van der Waals surface area contributed by atoms with Crippen LogP contribution in [0.15, 0.2) is 21.9 Å². The number of hydrogen-bond acceptors (Lipinski definition) is 6. The van der Waals surface area contributed by atoms with Gasteiger partial charge < -0.3 is 15.6 Å². The first-order chi connectivity index (χ1) is 8.04. The number of ether oxygens (including phenoxy) is 1. The minimum absolute atomic E-state index is 0.226. The third-order valence-electron chi connectivity index (χ3n) is 2.72. The third kappa shape index (κ3) is 2.16. The Morgan fingerprint density at radius 3 is 2.82 bits per heavy atom. The van der Waals surface area contributed by atoms with Crippen LogP contribution in [0.5, 0.6) is 0 Å². The van der Waals surface area contributed by atoms with Gasteiger partial charge in [0.25, 0.3) is 5.56 Å². The van der Waals surface area contributed by atoms with Gasteiger partial charge in [0, 0.05) is 17.5 Å². The summed E-state index contributed by atoms with van der Waals surface area (Å²) in [6, 6.07) is 0.663. The van der Waals surface area contributed by atoms with Crippen LogP contribution in [0.2, 0.25) is 0 Å². The molecule has 0 spiro atoms. The van der Waals surface area contributed by atoms with E-state index in [2.05, 4.69) is 17.6 Å². The van der Waals surface area contributed by atoms with Crippen molar-refractivity contribution in [3.8, 4) is 0 Å². The summed E-state index contributed by atoms with van der Waals surface area (Å²) in [5.41, 5.74) is 4.78. The average molecular weight is 259 g/mol. The summed E-state index contributed by atoms with van der Waals surface area (Å²) in [6.45, 7) is -0.226. The number of nitrogens with two attached hydrogens (primary N) is 1. The Bertz CT molecular complexity index is 513. The fourth-order valence-electron chi connectivity index (χ4n) is 1.80. The zero-order valence-electron chi connectivity index (χ0n) is 8.81. The molecule has 2 heterocycles. The van der Waals surface area contributed by atoms with Gasteiger partial charge in [0.05, 0.1) is 18.8 Å². The van der Waals surface area contributed by atoms with Crippen molar-refractivity contribution >= 4 is 12.6 Å². The van der Waals surface area contributed by atoms with E-state index in [1.807, 2.05) is 0 Å². The fraction of sp³-hybridized carbons (Fsp3) is 0.556. The van der Waals surface area contributed by atoms with Gasteiger partial charge in [-0.05, 0) is 0 Å². The SMILES string of the molecule is N[C@@H]1[C@H](S)[C@@H](CO)O[C@H]1n1ccc(=O)[nH]c1=O. The van der Waals surface area contributed by atoms with Crippen molar-refractivity contribution in [3.05, 3.63) is 33.1 Å². The molecule has 7 nitrogen and oxygen atoms in total. The van der Waals surface area contributed by atoms with Gasteiger partial charge in [-0.1, -0.05) is 0 Å². The molecule has 1 fully saturated rings. The summed E-state index contributed by atoms with van der Waals surface area (Å²) in [6.07, 6.45) is 0.0440. The summed E-state index contributed by atoms with van der Waals surface area (Å²) in [4.78, 5) is 24.6. The largest absolute Gasteiger partial charge is 0.394 e. The lowest BCUT2D eigenvalue weighted by atomic mass is 10.1. The first kappa shape index (κ1) is 12.4. The van der Waals surface area contributed by atoms with E-state index in [1.54, 1.807) is 0 Å². The van der Waals surface area contributed by atoms with Crippen molar-refractivity contribution in [2.24, 2.45) is 5.73 Å². The van der Waals surface area contributed by atoms with Crippen molar-refractivity contribution in [3.63, 3.8) is 0 Å². The van der Waals surface area contributed by atoms with Crippen molar-refractivity contribution < 1.29 is 9.84 Å². The highest BCUT2D eigenvalue weighted by Gasteiger charge is 2.41. The highest BCUT2D eigenvalue weighted by atomic mass is 32.1. The second-order valence-electron chi connectivity index (χ2n) is 3.83. The number of thiol groups is 1. The van der Waals surface area contributed by atoms with E-state index < -0.39 is 29.6 Å². The van der Waals surface area contributed by atoms with Crippen LogP contribution in [0.1, 0.15) is 6.23 Å². The zero-order chi connectivity index (χ0) is 12.6. The maximum Gasteiger partial charge on any atom is 0.330 e. The number of nitrogens with one attached hydrogen (secondary N) is 1. The fourth-order valence-corrected chi connectivity index (χ4v) is 2.11. The third-order valence-corrected chi connectivity index (χ3v) is 3.40. The van der Waals surface area contributed by atoms with Gasteiger partial charge in [-0.15, -0.1) is 0 Å². The first-order valence-corrected chi connectivity index (χ1v) is 5.57. The summed E-state index contributed by atoms with van der Waals surface area (Å²) in [7, 11) is 0. The summed E-state index contributed by atoms with van der Waals surface area (Å²) in [5, 5.41) is 8.69. The van der Waals surface area contributed by atoms with E-state index in [1.165, 1.54) is 16.8 Å². The van der Waals surface area contributed by atoms with Crippen LogP contribution in [0, 0.1) is 0 Å². The maximum atomic E-state index is 11.6. The Morgan fingerprint density at radius 1 is 1.59 bits per heavy atom. The van der Waals surface area contributed by atoms with Crippen LogP contribution < -0.4 is 17.0 Å². The lowest BCUT2D eigenvalue weighted by Crippen LogP contribution is -2.41. The number of rotatable bonds is 2. The molecular weight excluding hydrogens is 246 g/mol. The molecule has 17 heavy (non-hydrogen) atoms. The molecule has 8 heteroatoms. The van der Waals surface area contributed by atoms with Gasteiger partial charge in [0.2, 0.25) is 0 Å². The van der Waals surface area contributed by atoms with Crippen molar-refractivity contribution in [2.75, 3.05) is 6.61 Å².